The van der Waals surface area contributed by atoms with E-state index in [1.165, 1.54) is 12.8 Å². The van der Waals surface area contributed by atoms with Gasteiger partial charge in [-0.05, 0) is 43.5 Å². The summed E-state index contributed by atoms with van der Waals surface area (Å²) in [6, 6.07) is 7.56. The van der Waals surface area contributed by atoms with Crippen LogP contribution in [0.25, 0.3) is 0 Å². The highest BCUT2D eigenvalue weighted by Gasteiger charge is 2.22. The second-order valence-corrected chi connectivity index (χ2v) is 7.48. The van der Waals surface area contributed by atoms with E-state index in [9.17, 15) is 8.42 Å². The van der Waals surface area contributed by atoms with Crippen molar-refractivity contribution in [3.63, 3.8) is 0 Å². The van der Waals surface area contributed by atoms with Gasteiger partial charge in [-0.1, -0.05) is 6.92 Å². The highest BCUT2D eigenvalue weighted by Crippen LogP contribution is 2.26. The van der Waals surface area contributed by atoms with Crippen molar-refractivity contribution in [2.45, 2.75) is 37.1 Å². The summed E-state index contributed by atoms with van der Waals surface area (Å²) in [5.41, 5.74) is 1.07. The molecule has 1 atom stereocenters. The van der Waals surface area contributed by atoms with Gasteiger partial charge in [0.1, 0.15) is 0 Å². The van der Waals surface area contributed by atoms with Crippen LogP contribution in [0.3, 0.4) is 0 Å². The first-order valence-corrected chi connectivity index (χ1v) is 8.92. The second-order valence-electron chi connectivity index (χ2n) is 4.89. The van der Waals surface area contributed by atoms with Crippen LogP contribution >= 0.6 is 11.6 Å². The number of hydrogen-bond acceptors (Lipinski definition) is 3. The van der Waals surface area contributed by atoms with E-state index in [0.29, 0.717) is 16.8 Å². The maximum atomic E-state index is 11.8. The molecular weight excluding hydrogens is 282 g/mol. The molecule has 0 spiro atoms. The molecule has 1 unspecified atom stereocenters. The maximum Gasteiger partial charge on any atom is 0.178 e. The molecule has 1 aliphatic rings. The number of halogens is 1. The van der Waals surface area contributed by atoms with Crippen molar-refractivity contribution in [1.82, 2.24) is 0 Å². The number of alkyl halides is 1. The Hall–Kier alpha value is -0.740. The minimum absolute atomic E-state index is 0.139. The standard InChI is InChI=1S/C14H20ClNO2S/c1-2-19(17,18)14-8-6-12(7-9-14)16-10-4-3-5-13(16)11-15/h6-9,13H,2-5,10-11H2,1H3. The summed E-state index contributed by atoms with van der Waals surface area (Å²) in [6.07, 6.45) is 3.50. The summed E-state index contributed by atoms with van der Waals surface area (Å²) in [7, 11) is -3.11. The smallest absolute Gasteiger partial charge is 0.178 e. The molecule has 1 saturated heterocycles. The number of nitrogens with zero attached hydrogens (tertiary/aromatic N) is 1. The van der Waals surface area contributed by atoms with Crippen LogP contribution in [0.5, 0.6) is 0 Å². The normalized spacial score (nSPS) is 20.5. The van der Waals surface area contributed by atoms with E-state index in [1.807, 2.05) is 12.1 Å². The lowest BCUT2D eigenvalue weighted by atomic mass is 10.0. The first-order valence-electron chi connectivity index (χ1n) is 6.74. The van der Waals surface area contributed by atoms with Gasteiger partial charge < -0.3 is 4.90 Å². The zero-order valence-corrected chi connectivity index (χ0v) is 12.8. The molecular formula is C14H20ClNO2S. The Morgan fingerprint density at radius 1 is 1.26 bits per heavy atom. The van der Waals surface area contributed by atoms with Crippen molar-refractivity contribution < 1.29 is 8.42 Å². The van der Waals surface area contributed by atoms with Gasteiger partial charge in [0.15, 0.2) is 9.84 Å². The van der Waals surface area contributed by atoms with Gasteiger partial charge >= 0.3 is 0 Å². The molecule has 1 aromatic rings. The molecule has 0 N–H and O–H groups in total. The Kier molecular flexibility index (Phi) is 4.74. The summed E-state index contributed by atoms with van der Waals surface area (Å²) >= 11 is 6.01. The minimum Gasteiger partial charge on any atom is -0.367 e. The van der Waals surface area contributed by atoms with E-state index < -0.39 is 9.84 Å². The van der Waals surface area contributed by atoms with Crippen molar-refractivity contribution in [2.24, 2.45) is 0 Å². The van der Waals surface area contributed by atoms with Gasteiger partial charge in [-0.2, -0.15) is 0 Å². The third kappa shape index (κ3) is 3.23. The monoisotopic (exact) mass is 301 g/mol. The summed E-state index contributed by atoms with van der Waals surface area (Å²) in [6.45, 7) is 2.66. The molecule has 2 rings (SSSR count). The highest BCUT2D eigenvalue weighted by molar-refractivity contribution is 7.91. The first-order chi connectivity index (χ1) is 9.08. The van der Waals surface area contributed by atoms with Crippen LogP contribution in [-0.2, 0) is 9.84 Å². The average Bonchev–Trinajstić information content (AvgIpc) is 2.47. The number of anilines is 1. The minimum atomic E-state index is -3.11. The van der Waals surface area contributed by atoms with Crippen LogP contribution in [0.1, 0.15) is 26.2 Å². The molecule has 0 amide bonds. The van der Waals surface area contributed by atoms with Crippen molar-refractivity contribution in [1.29, 1.82) is 0 Å². The van der Waals surface area contributed by atoms with E-state index in [0.717, 1.165) is 18.7 Å². The van der Waals surface area contributed by atoms with Crippen molar-refractivity contribution in [3.8, 4) is 0 Å². The van der Waals surface area contributed by atoms with Crippen LogP contribution < -0.4 is 4.90 Å². The second kappa shape index (κ2) is 6.14. The molecule has 5 heteroatoms. The van der Waals surface area contributed by atoms with Crippen molar-refractivity contribution in [3.05, 3.63) is 24.3 Å². The fraction of sp³-hybridized carbons (Fsp3) is 0.571. The Morgan fingerprint density at radius 2 is 1.95 bits per heavy atom. The van der Waals surface area contributed by atoms with Gasteiger partial charge in [-0.25, -0.2) is 8.42 Å². The van der Waals surface area contributed by atoms with Crippen LogP contribution in [0.2, 0.25) is 0 Å². The van der Waals surface area contributed by atoms with Gasteiger partial charge in [0.2, 0.25) is 0 Å². The van der Waals surface area contributed by atoms with Crippen molar-refractivity contribution in [2.75, 3.05) is 23.1 Å². The lowest BCUT2D eigenvalue weighted by molar-refractivity contribution is 0.488. The zero-order valence-electron chi connectivity index (χ0n) is 11.2. The average molecular weight is 302 g/mol. The number of piperidine rings is 1. The third-order valence-electron chi connectivity index (χ3n) is 3.71. The number of hydrogen-bond donors (Lipinski definition) is 0. The molecule has 0 bridgehead atoms. The van der Waals surface area contributed by atoms with E-state index in [-0.39, 0.29) is 5.75 Å². The van der Waals surface area contributed by atoms with Gasteiger partial charge in [-0.3, -0.25) is 0 Å². The molecule has 1 heterocycles. The summed E-state index contributed by atoms with van der Waals surface area (Å²) < 4.78 is 23.5. The van der Waals surface area contributed by atoms with Gasteiger partial charge in [0.25, 0.3) is 0 Å². The Morgan fingerprint density at radius 3 is 2.53 bits per heavy atom. The Balaban J connectivity index is 2.22. The number of rotatable bonds is 4. The van der Waals surface area contributed by atoms with Gasteiger partial charge in [0.05, 0.1) is 10.6 Å². The van der Waals surface area contributed by atoms with Gasteiger partial charge in [0, 0.05) is 24.2 Å². The summed E-state index contributed by atoms with van der Waals surface area (Å²) in [5.74, 6) is 0.759. The molecule has 0 saturated carbocycles. The predicted octanol–water partition coefficient (Wildman–Crippen LogP) is 3.08. The highest BCUT2D eigenvalue weighted by atomic mass is 35.5. The van der Waals surface area contributed by atoms with E-state index in [4.69, 9.17) is 11.6 Å². The molecule has 106 valence electrons. The SMILES string of the molecule is CCS(=O)(=O)c1ccc(N2CCCCC2CCl)cc1. The van der Waals surface area contributed by atoms with Crippen LogP contribution in [0.4, 0.5) is 5.69 Å². The van der Waals surface area contributed by atoms with Crippen LogP contribution in [-0.4, -0.2) is 32.6 Å². The maximum absolute atomic E-state index is 11.8. The lowest BCUT2D eigenvalue weighted by Crippen LogP contribution is -2.40. The molecule has 3 nitrogen and oxygen atoms in total. The molecule has 19 heavy (non-hydrogen) atoms. The fourth-order valence-corrected chi connectivity index (χ4v) is 3.72. The molecule has 1 aromatic carbocycles. The lowest BCUT2D eigenvalue weighted by Gasteiger charge is -2.36. The topological polar surface area (TPSA) is 37.4 Å². The number of benzene rings is 1. The largest absolute Gasteiger partial charge is 0.367 e. The Labute approximate surface area is 120 Å². The molecule has 0 aromatic heterocycles. The van der Waals surface area contributed by atoms with Gasteiger partial charge in [-0.15, -0.1) is 11.6 Å². The molecule has 0 aliphatic carbocycles. The first kappa shape index (κ1) is 14.7. The van der Waals surface area contributed by atoms with E-state index in [1.54, 1.807) is 19.1 Å². The Bertz CT molecular complexity index is 513. The molecule has 0 radical (unpaired) electrons. The quantitative estimate of drug-likeness (QED) is 0.802. The summed E-state index contributed by atoms with van der Waals surface area (Å²) in [4.78, 5) is 2.69. The van der Waals surface area contributed by atoms with Crippen molar-refractivity contribution >= 4 is 27.1 Å². The van der Waals surface area contributed by atoms with E-state index >= 15 is 0 Å². The van der Waals surface area contributed by atoms with Crippen LogP contribution in [0, 0.1) is 0 Å². The van der Waals surface area contributed by atoms with E-state index in [2.05, 4.69) is 4.90 Å². The summed E-state index contributed by atoms with van der Waals surface area (Å²) in [5, 5.41) is 0. The zero-order chi connectivity index (χ0) is 13.9. The molecule has 1 aliphatic heterocycles. The molecule has 1 fully saturated rings. The fourth-order valence-electron chi connectivity index (χ4n) is 2.51. The third-order valence-corrected chi connectivity index (χ3v) is 5.82. The number of sulfone groups is 1. The predicted molar refractivity (Wildman–Crippen MR) is 79.9 cm³/mol. The van der Waals surface area contributed by atoms with Crippen LogP contribution in [0.15, 0.2) is 29.2 Å².